The van der Waals surface area contributed by atoms with Crippen LogP contribution in [0.15, 0.2) is 42.5 Å². The maximum Gasteiger partial charge on any atom is 0.293 e. The first-order valence-electron chi connectivity index (χ1n) is 6.88. The quantitative estimate of drug-likeness (QED) is 0.679. The molecule has 23 heavy (non-hydrogen) atoms. The van der Waals surface area contributed by atoms with Gasteiger partial charge in [0.05, 0.1) is 4.92 Å². The van der Waals surface area contributed by atoms with Gasteiger partial charge in [0, 0.05) is 32.3 Å². The van der Waals surface area contributed by atoms with E-state index in [9.17, 15) is 19.3 Å². The lowest BCUT2D eigenvalue weighted by Crippen LogP contribution is -2.26. The molecule has 7 heteroatoms. The number of benzene rings is 2. The monoisotopic (exact) mass is 317 g/mol. The third-order valence-corrected chi connectivity index (χ3v) is 3.39. The SMILES string of the molecule is CNc1ccc(C(=O)N(C)Cc2ccc(F)cc2)cc1[N+](=O)[O-]. The van der Waals surface area contributed by atoms with Crippen LogP contribution in [0.4, 0.5) is 15.8 Å². The number of halogens is 1. The Kier molecular flexibility index (Phi) is 4.90. The summed E-state index contributed by atoms with van der Waals surface area (Å²) in [5, 5.41) is 13.8. The Morgan fingerprint density at radius 3 is 2.48 bits per heavy atom. The van der Waals surface area contributed by atoms with Crippen LogP contribution in [0.25, 0.3) is 0 Å². The van der Waals surface area contributed by atoms with E-state index in [1.807, 2.05) is 0 Å². The molecule has 2 rings (SSSR count). The Morgan fingerprint density at radius 2 is 1.91 bits per heavy atom. The van der Waals surface area contributed by atoms with Gasteiger partial charge >= 0.3 is 0 Å². The molecule has 2 aromatic carbocycles. The summed E-state index contributed by atoms with van der Waals surface area (Å²) < 4.78 is 12.9. The number of anilines is 1. The fraction of sp³-hybridized carbons (Fsp3) is 0.188. The smallest absolute Gasteiger partial charge is 0.293 e. The third-order valence-electron chi connectivity index (χ3n) is 3.39. The summed E-state index contributed by atoms with van der Waals surface area (Å²) in [6.45, 7) is 0.278. The minimum absolute atomic E-state index is 0.159. The number of nitro benzene ring substituents is 1. The molecule has 0 bridgehead atoms. The molecule has 0 radical (unpaired) electrons. The minimum atomic E-state index is -0.539. The molecule has 0 aliphatic heterocycles. The van der Waals surface area contributed by atoms with Gasteiger partial charge in [0.25, 0.3) is 11.6 Å². The Hall–Kier alpha value is -2.96. The molecular formula is C16H16FN3O3. The van der Waals surface area contributed by atoms with Gasteiger partial charge in [-0.3, -0.25) is 14.9 Å². The van der Waals surface area contributed by atoms with E-state index in [1.54, 1.807) is 26.2 Å². The van der Waals surface area contributed by atoms with Crippen LogP contribution in [-0.2, 0) is 6.54 Å². The van der Waals surface area contributed by atoms with Crippen LogP contribution in [0.2, 0.25) is 0 Å². The van der Waals surface area contributed by atoms with Crippen molar-refractivity contribution in [1.82, 2.24) is 4.90 Å². The van der Waals surface area contributed by atoms with Crippen molar-refractivity contribution >= 4 is 17.3 Å². The van der Waals surface area contributed by atoms with Gasteiger partial charge in [-0.15, -0.1) is 0 Å². The Bertz CT molecular complexity index is 732. The molecule has 2 aromatic rings. The van der Waals surface area contributed by atoms with Crippen molar-refractivity contribution in [2.24, 2.45) is 0 Å². The van der Waals surface area contributed by atoms with E-state index in [1.165, 1.54) is 35.2 Å². The van der Waals surface area contributed by atoms with Crippen molar-refractivity contribution in [3.8, 4) is 0 Å². The summed E-state index contributed by atoms with van der Waals surface area (Å²) in [5.74, 6) is -0.693. The molecule has 0 spiro atoms. The maximum atomic E-state index is 12.9. The van der Waals surface area contributed by atoms with Crippen molar-refractivity contribution in [2.75, 3.05) is 19.4 Å². The van der Waals surface area contributed by atoms with E-state index >= 15 is 0 Å². The molecule has 0 atom stereocenters. The first-order chi connectivity index (χ1) is 10.9. The third kappa shape index (κ3) is 3.82. The van der Waals surface area contributed by atoms with Crippen LogP contribution in [-0.4, -0.2) is 29.8 Å². The van der Waals surface area contributed by atoms with Gasteiger partial charge in [0.1, 0.15) is 11.5 Å². The van der Waals surface area contributed by atoms with E-state index < -0.39 is 4.92 Å². The molecule has 120 valence electrons. The van der Waals surface area contributed by atoms with Crippen LogP contribution in [0, 0.1) is 15.9 Å². The topological polar surface area (TPSA) is 75.5 Å². The Balaban J connectivity index is 2.20. The maximum absolute atomic E-state index is 12.9. The van der Waals surface area contributed by atoms with E-state index in [4.69, 9.17) is 0 Å². The highest BCUT2D eigenvalue weighted by atomic mass is 19.1. The van der Waals surface area contributed by atoms with Gasteiger partial charge in [-0.05, 0) is 29.8 Å². The number of hydrogen-bond acceptors (Lipinski definition) is 4. The molecule has 0 saturated carbocycles. The fourth-order valence-electron chi connectivity index (χ4n) is 2.18. The van der Waals surface area contributed by atoms with E-state index in [-0.39, 0.29) is 29.5 Å². The highest BCUT2D eigenvalue weighted by Crippen LogP contribution is 2.25. The molecule has 6 nitrogen and oxygen atoms in total. The van der Waals surface area contributed by atoms with Crippen LogP contribution < -0.4 is 5.32 Å². The summed E-state index contributed by atoms with van der Waals surface area (Å²) in [4.78, 5) is 24.3. The molecule has 0 aromatic heterocycles. The largest absolute Gasteiger partial charge is 0.383 e. The predicted molar refractivity (Wildman–Crippen MR) is 84.8 cm³/mol. The minimum Gasteiger partial charge on any atom is -0.383 e. The molecular weight excluding hydrogens is 301 g/mol. The number of amides is 1. The second-order valence-electron chi connectivity index (χ2n) is 5.03. The highest BCUT2D eigenvalue weighted by Gasteiger charge is 2.19. The van der Waals surface area contributed by atoms with Gasteiger partial charge in [0.15, 0.2) is 0 Å². The summed E-state index contributed by atoms with van der Waals surface area (Å²) in [6, 6.07) is 10.1. The number of carbonyl (C=O) groups excluding carboxylic acids is 1. The van der Waals surface area contributed by atoms with Crippen LogP contribution in [0.3, 0.4) is 0 Å². The predicted octanol–water partition coefficient (Wildman–Crippen LogP) is 3.05. The summed E-state index contributed by atoms with van der Waals surface area (Å²) in [6.07, 6.45) is 0. The molecule has 0 fully saturated rings. The average molecular weight is 317 g/mol. The van der Waals surface area contributed by atoms with Gasteiger partial charge in [-0.2, -0.15) is 0 Å². The summed E-state index contributed by atoms with van der Waals surface area (Å²) >= 11 is 0. The number of nitro groups is 1. The lowest BCUT2D eigenvalue weighted by Gasteiger charge is -2.17. The molecule has 0 aliphatic carbocycles. The highest BCUT2D eigenvalue weighted by molar-refractivity contribution is 5.95. The number of rotatable bonds is 5. The molecule has 0 saturated heterocycles. The summed E-state index contributed by atoms with van der Waals surface area (Å²) in [7, 11) is 3.16. The van der Waals surface area contributed by atoms with Gasteiger partial charge in [0.2, 0.25) is 0 Å². The first kappa shape index (κ1) is 16.4. The zero-order valence-corrected chi connectivity index (χ0v) is 12.7. The molecule has 1 N–H and O–H groups in total. The van der Waals surface area contributed by atoms with Crippen LogP contribution >= 0.6 is 0 Å². The van der Waals surface area contributed by atoms with Crippen molar-refractivity contribution in [2.45, 2.75) is 6.54 Å². The molecule has 0 aliphatic rings. The van der Waals surface area contributed by atoms with Gasteiger partial charge < -0.3 is 10.2 Å². The second kappa shape index (κ2) is 6.87. The van der Waals surface area contributed by atoms with Crippen molar-refractivity contribution in [3.05, 3.63) is 69.5 Å². The van der Waals surface area contributed by atoms with Crippen LogP contribution in [0.1, 0.15) is 15.9 Å². The van der Waals surface area contributed by atoms with Crippen molar-refractivity contribution in [1.29, 1.82) is 0 Å². The molecule has 0 unspecified atom stereocenters. The Labute approximate surface area is 132 Å². The summed E-state index contributed by atoms with van der Waals surface area (Å²) in [5.41, 5.74) is 1.17. The second-order valence-corrected chi connectivity index (χ2v) is 5.03. The van der Waals surface area contributed by atoms with Gasteiger partial charge in [-0.25, -0.2) is 4.39 Å². The van der Waals surface area contributed by atoms with E-state index in [2.05, 4.69) is 5.32 Å². The van der Waals surface area contributed by atoms with E-state index in [0.717, 1.165) is 5.56 Å². The number of nitrogens with zero attached hydrogens (tertiary/aromatic N) is 2. The van der Waals surface area contributed by atoms with E-state index in [0.29, 0.717) is 5.69 Å². The molecule has 0 heterocycles. The fourth-order valence-corrected chi connectivity index (χ4v) is 2.18. The number of nitrogens with one attached hydrogen (secondary N) is 1. The number of hydrogen-bond donors (Lipinski definition) is 1. The number of carbonyl (C=O) groups is 1. The molecule has 1 amide bonds. The Morgan fingerprint density at radius 1 is 1.26 bits per heavy atom. The lowest BCUT2D eigenvalue weighted by atomic mass is 10.1. The lowest BCUT2D eigenvalue weighted by molar-refractivity contribution is -0.384. The van der Waals surface area contributed by atoms with Crippen molar-refractivity contribution in [3.63, 3.8) is 0 Å². The van der Waals surface area contributed by atoms with Gasteiger partial charge in [-0.1, -0.05) is 12.1 Å². The zero-order chi connectivity index (χ0) is 17.0. The standard InChI is InChI=1S/C16H16FN3O3/c1-18-14-8-5-12(9-15(14)20(22)23)16(21)19(2)10-11-3-6-13(17)7-4-11/h3-9,18H,10H2,1-2H3. The van der Waals surface area contributed by atoms with Crippen LogP contribution in [0.5, 0.6) is 0 Å². The normalized spacial score (nSPS) is 10.2. The zero-order valence-electron chi connectivity index (χ0n) is 12.7. The van der Waals surface area contributed by atoms with Crippen molar-refractivity contribution < 1.29 is 14.1 Å². The first-order valence-corrected chi connectivity index (χ1v) is 6.88. The average Bonchev–Trinajstić information content (AvgIpc) is 2.55.